The van der Waals surface area contributed by atoms with Crippen LogP contribution in [0.1, 0.15) is 5.56 Å². The van der Waals surface area contributed by atoms with Crippen molar-refractivity contribution in [2.45, 2.75) is 6.18 Å². The van der Waals surface area contributed by atoms with Gasteiger partial charge in [-0.1, -0.05) is 27.5 Å². The van der Waals surface area contributed by atoms with E-state index in [1.165, 1.54) is 6.07 Å². The van der Waals surface area contributed by atoms with Crippen LogP contribution < -0.4 is 5.32 Å². The third-order valence-electron chi connectivity index (χ3n) is 3.56. The predicted molar refractivity (Wildman–Crippen MR) is 90.5 cm³/mol. The van der Waals surface area contributed by atoms with Crippen LogP contribution >= 0.6 is 27.5 Å². The van der Waals surface area contributed by atoms with E-state index in [4.69, 9.17) is 16.7 Å². The van der Waals surface area contributed by atoms with Gasteiger partial charge in [0.1, 0.15) is 5.70 Å². The van der Waals surface area contributed by atoms with Gasteiger partial charge in [0.15, 0.2) is 0 Å². The standard InChI is InChI=1S/C15H13BrClF3N2O4/c1-26-14(25)8-6-22(2-3-23)13(24)11(8)21-12-9(15(18,19)20)4-7(16)5-10(12)17/h4-5,21,23H,2-3,6H2,1H3. The summed E-state index contributed by atoms with van der Waals surface area (Å²) in [4.78, 5) is 25.4. The number of methoxy groups -OCH3 is 1. The molecule has 1 aliphatic rings. The molecule has 0 saturated heterocycles. The molecule has 0 unspecified atom stereocenters. The molecule has 0 spiro atoms. The smallest absolute Gasteiger partial charge is 0.418 e. The lowest BCUT2D eigenvalue weighted by Crippen LogP contribution is -2.31. The topological polar surface area (TPSA) is 78.9 Å². The average molecular weight is 458 g/mol. The molecule has 26 heavy (non-hydrogen) atoms. The Hall–Kier alpha value is -1.78. The molecular weight excluding hydrogens is 445 g/mol. The number of hydrogen-bond donors (Lipinski definition) is 2. The number of benzene rings is 1. The van der Waals surface area contributed by atoms with E-state index in [0.717, 1.165) is 18.1 Å². The summed E-state index contributed by atoms with van der Waals surface area (Å²) in [5, 5.41) is 11.1. The molecule has 1 aliphatic heterocycles. The van der Waals surface area contributed by atoms with E-state index in [9.17, 15) is 22.8 Å². The second kappa shape index (κ2) is 7.85. The summed E-state index contributed by atoms with van der Waals surface area (Å²) in [6, 6.07) is 2.03. The lowest BCUT2D eigenvalue weighted by molar-refractivity contribution is -0.137. The van der Waals surface area contributed by atoms with Crippen molar-refractivity contribution in [2.24, 2.45) is 0 Å². The SMILES string of the molecule is COC(=O)C1=C(Nc2c(Cl)cc(Br)cc2C(F)(F)F)C(=O)N(CCO)C1. The molecule has 0 fully saturated rings. The maximum atomic E-state index is 13.3. The molecule has 1 amide bonds. The molecule has 2 rings (SSSR count). The van der Waals surface area contributed by atoms with E-state index >= 15 is 0 Å². The van der Waals surface area contributed by atoms with Gasteiger partial charge in [-0.05, 0) is 12.1 Å². The number of nitrogens with one attached hydrogen (secondary N) is 1. The highest BCUT2D eigenvalue weighted by molar-refractivity contribution is 9.10. The number of esters is 1. The van der Waals surface area contributed by atoms with Crippen LogP contribution in [0, 0.1) is 0 Å². The summed E-state index contributed by atoms with van der Waals surface area (Å²) >= 11 is 8.87. The van der Waals surface area contributed by atoms with Crippen LogP contribution in [-0.2, 0) is 20.5 Å². The first-order chi connectivity index (χ1) is 12.1. The minimum Gasteiger partial charge on any atom is -0.466 e. The third-order valence-corrected chi connectivity index (χ3v) is 4.32. The minimum absolute atomic E-state index is 0.0926. The number of amides is 1. The van der Waals surface area contributed by atoms with Crippen LogP contribution in [0.2, 0.25) is 5.02 Å². The van der Waals surface area contributed by atoms with Gasteiger partial charge in [0, 0.05) is 11.0 Å². The molecule has 0 radical (unpaired) electrons. The second-order valence-corrected chi connectivity index (χ2v) is 6.55. The fourth-order valence-electron chi connectivity index (χ4n) is 2.40. The van der Waals surface area contributed by atoms with Gasteiger partial charge in [-0.2, -0.15) is 13.2 Å². The molecule has 0 atom stereocenters. The number of β-amino-alcohol motifs (C(OH)–C–C–N with tert-alkyl or cyclic N) is 1. The molecule has 142 valence electrons. The fraction of sp³-hybridized carbons (Fsp3) is 0.333. The number of aliphatic hydroxyl groups excluding tert-OH is 1. The molecule has 1 aromatic rings. The number of ether oxygens (including phenoxy) is 1. The zero-order valence-corrected chi connectivity index (χ0v) is 15.6. The van der Waals surface area contributed by atoms with Crippen molar-refractivity contribution in [2.75, 3.05) is 32.1 Å². The summed E-state index contributed by atoms with van der Waals surface area (Å²) in [6.07, 6.45) is -4.76. The summed E-state index contributed by atoms with van der Waals surface area (Å²) < 4.78 is 44.7. The Kier molecular flexibility index (Phi) is 6.20. The number of carbonyl (C=O) groups excluding carboxylic acids is 2. The first-order valence-electron chi connectivity index (χ1n) is 7.15. The van der Waals surface area contributed by atoms with Crippen molar-refractivity contribution >= 4 is 45.1 Å². The Balaban J connectivity index is 2.54. The monoisotopic (exact) mass is 456 g/mol. The second-order valence-electron chi connectivity index (χ2n) is 5.23. The lowest BCUT2D eigenvalue weighted by Gasteiger charge is -2.18. The maximum Gasteiger partial charge on any atom is 0.418 e. The van der Waals surface area contributed by atoms with Gasteiger partial charge in [-0.3, -0.25) is 4.79 Å². The van der Waals surface area contributed by atoms with Crippen molar-refractivity contribution in [1.82, 2.24) is 4.90 Å². The molecule has 6 nitrogen and oxygen atoms in total. The Morgan fingerprint density at radius 2 is 2.12 bits per heavy atom. The molecular formula is C15H13BrClF3N2O4. The number of aliphatic hydroxyl groups is 1. The number of rotatable bonds is 5. The number of nitrogens with zero attached hydrogens (tertiary/aromatic N) is 1. The van der Waals surface area contributed by atoms with Gasteiger partial charge in [-0.25, -0.2) is 4.79 Å². The van der Waals surface area contributed by atoms with Crippen molar-refractivity contribution in [3.63, 3.8) is 0 Å². The van der Waals surface area contributed by atoms with Gasteiger partial charge in [-0.15, -0.1) is 0 Å². The van der Waals surface area contributed by atoms with Crippen LogP contribution in [0.25, 0.3) is 0 Å². The summed E-state index contributed by atoms with van der Waals surface area (Å²) in [7, 11) is 1.08. The van der Waals surface area contributed by atoms with E-state index < -0.39 is 29.3 Å². The number of halogens is 5. The molecule has 0 aliphatic carbocycles. The molecule has 0 bridgehead atoms. The van der Waals surface area contributed by atoms with Crippen molar-refractivity contribution < 1.29 is 32.6 Å². The Morgan fingerprint density at radius 1 is 1.46 bits per heavy atom. The lowest BCUT2D eigenvalue weighted by atomic mass is 10.1. The van der Waals surface area contributed by atoms with Crippen molar-refractivity contribution in [3.05, 3.63) is 38.5 Å². The Morgan fingerprint density at radius 3 is 2.65 bits per heavy atom. The van der Waals surface area contributed by atoms with E-state index in [1.54, 1.807) is 0 Å². The minimum atomic E-state index is -4.76. The quantitative estimate of drug-likeness (QED) is 0.665. The number of alkyl halides is 3. The number of anilines is 1. The van der Waals surface area contributed by atoms with Gasteiger partial charge in [0.2, 0.25) is 0 Å². The van der Waals surface area contributed by atoms with Gasteiger partial charge >= 0.3 is 12.1 Å². The van der Waals surface area contributed by atoms with E-state index in [0.29, 0.717) is 0 Å². The highest BCUT2D eigenvalue weighted by Gasteiger charge is 2.39. The van der Waals surface area contributed by atoms with Crippen LogP contribution in [0.15, 0.2) is 27.9 Å². The molecule has 11 heteroatoms. The molecule has 0 aromatic heterocycles. The highest BCUT2D eigenvalue weighted by atomic mass is 79.9. The van der Waals surface area contributed by atoms with Crippen molar-refractivity contribution in [1.29, 1.82) is 0 Å². The molecule has 1 heterocycles. The van der Waals surface area contributed by atoms with Gasteiger partial charge in [0.25, 0.3) is 5.91 Å². The van der Waals surface area contributed by atoms with E-state index in [-0.39, 0.29) is 40.5 Å². The van der Waals surface area contributed by atoms with E-state index in [2.05, 4.69) is 26.0 Å². The largest absolute Gasteiger partial charge is 0.466 e. The summed E-state index contributed by atoms with van der Waals surface area (Å²) in [5.74, 6) is -1.62. The van der Waals surface area contributed by atoms with Crippen LogP contribution in [0.3, 0.4) is 0 Å². The number of hydrogen-bond acceptors (Lipinski definition) is 5. The third kappa shape index (κ3) is 4.13. The van der Waals surface area contributed by atoms with Crippen LogP contribution in [0.4, 0.5) is 18.9 Å². The highest BCUT2D eigenvalue weighted by Crippen LogP contribution is 2.42. The maximum absolute atomic E-state index is 13.3. The first kappa shape index (κ1) is 20.5. The molecule has 0 saturated carbocycles. The first-order valence-corrected chi connectivity index (χ1v) is 8.32. The summed E-state index contributed by atoms with van der Waals surface area (Å²) in [5.41, 5.74) is -2.20. The zero-order valence-electron chi connectivity index (χ0n) is 13.3. The Labute approximate surface area is 159 Å². The Bertz CT molecular complexity index is 783. The average Bonchev–Trinajstić information content (AvgIpc) is 2.85. The van der Waals surface area contributed by atoms with Crippen molar-refractivity contribution in [3.8, 4) is 0 Å². The van der Waals surface area contributed by atoms with Crippen LogP contribution in [0.5, 0.6) is 0 Å². The van der Waals surface area contributed by atoms with Gasteiger partial charge in [0.05, 0.1) is 42.1 Å². The van der Waals surface area contributed by atoms with Gasteiger partial charge < -0.3 is 20.1 Å². The normalized spacial score (nSPS) is 14.9. The molecule has 2 N–H and O–H groups in total. The fourth-order valence-corrected chi connectivity index (χ4v) is 3.25. The zero-order chi connectivity index (χ0) is 19.6. The van der Waals surface area contributed by atoms with Crippen LogP contribution in [-0.4, -0.2) is 48.7 Å². The number of carbonyl (C=O) groups is 2. The molecule has 1 aromatic carbocycles. The predicted octanol–water partition coefficient (Wildman–Crippen LogP) is 2.79. The van der Waals surface area contributed by atoms with E-state index in [1.807, 2.05) is 0 Å². The summed E-state index contributed by atoms with van der Waals surface area (Å²) in [6.45, 7) is -0.672.